The number of hydrogen-bond donors (Lipinski definition) is 1. The summed E-state index contributed by atoms with van der Waals surface area (Å²) in [6.45, 7) is 7.52. The van der Waals surface area contributed by atoms with Gasteiger partial charge in [-0.05, 0) is 87.4 Å². The molecule has 0 fully saturated rings. The first-order valence-electron chi connectivity index (χ1n) is 18.4. The normalized spacial score (nSPS) is 12.3. The summed E-state index contributed by atoms with van der Waals surface area (Å²) in [6, 6.07) is 44.6. The van der Waals surface area contributed by atoms with Crippen LogP contribution in [0.3, 0.4) is 0 Å². The topological polar surface area (TPSA) is 143 Å². The molecule has 0 bridgehead atoms. The van der Waals surface area contributed by atoms with Gasteiger partial charge in [0.25, 0.3) is 0 Å². The minimum absolute atomic E-state index is 0. The van der Waals surface area contributed by atoms with Crippen molar-refractivity contribution in [3.8, 4) is 22.9 Å². The molecule has 2 aromatic heterocycles. The minimum atomic E-state index is -1.56. The molecule has 6 aromatic carbocycles. The molecule has 12 heteroatoms. The third kappa shape index (κ3) is 8.71. The molecule has 2 unspecified atom stereocenters. The number of nitrogens with zero attached hydrogens (tertiary/aromatic N) is 6. The number of carboxylic acids is 1. The smallest absolute Gasteiger partial charge is 0.352 e. The van der Waals surface area contributed by atoms with Crippen molar-refractivity contribution in [1.82, 2.24) is 30.0 Å². The summed E-state index contributed by atoms with van der Waals surface area (Å²) in [5.41, 5.74) is 6.03. The van der Waals surface area contributed by atoms with E-state index in [-0.39, 0.29) is 14.0 Å². The zero-order chi connectivity index (χ0) is 39.9. The van der Waals surface area contributed by atoms with Crippen molar-refractivity contribution in [2.45, 2.75) is 46.8 Å². The van der Waals surface area contributed by atoms with Crippen LogP contribution >= 0.6 is 0 Å². The maximum Gasteiger partial charge on any atom is 0.352 e. The van der Waals surface area contributed by atoms with Gasteiger partial charge in [-0.25, -0.2) is 9.59 Å². The van der Waals surface area contributed by atoms with E-state index in [0.717, 1.165) is 38.8 Å². The summed E-state index contributed by atoms with van der Waals surface area (Å²) < 4.78 is 17.5. The van der Waals surface area contributed by atoms with Crippen LogP contribution in [0.5, 0.6) is 11.5 Å². The van der Waals surface area contributed by atoms with Crippen LogP contribution < -0.4 is 9.47 Å². The van der Waals surface area contributed by atoms with Crippen molar-refractivity contribution >= 4 is 34.0 Å². The van der Waals surface area contributed by atoms with Gasteiger partial charge >= 0.3 is 11.9 Å². The molecule has 0 saturated heterocycles. The Morgan fingerprint density at radius 1 is 0.638 bits per heavy atom. The molecule has 0 saturated carbocycles. The number of carbonyl (C=O) groups excluding carboxylic acids is 1. The Morgan fingerprint density at radius 2 is 1.07 bits per heavy atom. The highest BCUT2D eigenvalue weighted by atomic mass is 16.6. The van der Waals surface area contributed by atoms with Crippen molar-refractivity contribution in [1.29, 1.82) is 0 Å². The zero-order valence-corrected chi connectivity index (χ0v) is 31.8. The van der Waals surface area contributed by atoms with Crippen molar-refractivity contribution in [3.63, 3.8) is 0 Å². The number of ether oxygens (including phenoxy) is 3. The lowest BCUT2D eigenvalue weighted by Crippen LogP contribution is -2.38. The predicted octanol–water partition coefficient (Wildman–Crippen LogP) is 9.16. The zero-order valence-electron chi connectivity index (χ0n) is 31.8. The number of aryl methyl sites for hydroxylation is 2. The van der Waals surface area contributed by atoms with Crippen LogP contribution in [0.1, 0.15) is 49.6 Å². The molecule has 58 heavy (non-hydrogen) atoms. The fraction of sp³-hybridized carbons (Fsp3) is 0.174. The van der Waals surface area contributed by atoms with E-state index in [2.05, 4.69) is 20.4 Å². The molecular formula is C46H44N6O6. The lowest BCUT2D eigenvalue weighted by Gasteiger charge is -2.27. The molecule has 0 amide bonds. The van der Waals surface area contributed by atoms with Gasteiger partial charge in [-0.1, -0.05) is 104 Å². The van der Waals surface area contributed by atoms with E-state index in [0.29, 0.717) is 28.4 Å². The minimum Gasteiger partial charge on any atom is -0.478 e. The predicted molar refractivity (Wildman–Crippen MR) is 222 cm³/mol. The number of benzene rings is 6. The van der Waals surface area contributed by atoms with Gasteiger partial charge in [0.05, 0.1) is 6.61 Å². The molecule has 0 aliphatic carbocycles. The largest absolute Gasteiger partial charge is 0.478 e. The van der Waals surface area contributed by atoms with Crippen molar-refractivity contribution in [2.75, 3.05) is 6.61 Å². The van der Waals surface area contributed by atoms with Crippen molar-refractivity contribution in [3.05, 3.63) is 168 Å². The number of carbonyl (C=O) groups is 2. The molecule has 0 radical (unpaired) electrons. The Hall–Kier alpha value is -7.34. The number of rotatable bonds is 11. The van der Waals surface area contributed by atoms with Crippen LogP contribution in [-0.4, -0.2) is 53.6 Å². The maximum absolute atomic E-state index is 12.6. The number of carboxylic acid groups (broad SMARTS) is 1. The number of aliphatic carboxylic acids is 1. The van der Waals surface area contributed by atoms with E-state index in [4.69, 9.17) is 14.2 Å². The van der Waals surface area contributed by atoms with Crippen molar-refractivity contribution < 1.29 is 28.9 Å². The molecule has 2 atom stereocenters. The van der Waals surface area contributed by atoms with Gasteiger partial charge in [0.1, 0.15) is 44.9 Å². The second kappa shape index (κ2) is 17.6. The highest BCUT2D eigenvalue weighted by Gasteiger charge is 2.38. The Morgan fingerprint density at radius 3 is 1.53 bits per heavy atom. The highest BCUT2D eigenvalue weighted by Crippen LogP contribution is 2.34. The second-order valence-corrected chi connectivity index (χ2v) is 13.4. The van der Waals surface area contributed by atoms with Crippen LogP contribution in [0.4, 0.5) is 0 Å². The summed E-state index contributed by atoms with van der Waals surface area (Å²) in [6.07, 6.45) is -0.886. The summed E-state index contributed by atoms with van der Waals surface area (Å²) in [7, 11) is 0. The van der Waals surface area contributed by atoms with Gasteiger partial charge < -0.3 is 19.3 Å². The van der Waals surface area contributed by atoms with Crippen LogP contribution in [0.2, 0.25) is 0 Å². The van der Waals surface area contributed by atoms with Crippen LogP contribution in [-0.2, 0) is 19.9 Å². The standard InChI is InChI=1S/C23H21N3O3.C22H19N3O3.CH4/c1-3-28-23(27)22(17-9-5-4-6-10-17)29-21-14-13-16(2)15-20(21)26-24-18-11-7-8-12-19(18)25-26;1-15-12-13-20(28-22(2,21(26)27)16-8-4-3-5-9-16)19(14-15)25-23-17-10-6-7-11-18(17)24-25;/h4-15,22H,3H2,1-2H3;3-14H,1-2H3,(H,26,27);1H4. The first kappa shape index (κ1) is 40.3. The molecule has 8 rings (SSSR count). The molecule has 0 aliphatic rings. The molecule has 294 valence electrons. The summed E-state index contributed by atoms with van der Waals surface area (Å²) >= 11 is 0. The average Bonchev–Trinajstić information content (AvgIpc) is 3.87. The first-order chi connectivity index (χ1) is 27.6. The van der Waals surface area contributed by atoms with Crippen molar-refractivity contribution in [2.24, 2.45) is 0 Å². The number of esters is 1. The molecule has 1 N–H and O–H groups in total. The Labute approximate surface area is 336 Å². The first-order valence-corrected chi connectivity index (χ1v) is 18.4. The third-order valence-electron chi connectivity index (χ3n) is 9.13. The number of hydrogen-bond acceptors (Lipinski definition) is 9. The Bertz CT molecular complexity index is 2600. The highest BCUT2D eigenvalue weighted by molar-refractivity contribution is 5.80. The second-order valence-electron chi connectivity index (χ2n) is 13.4. The van der Waals surface area contributed by atoms with E-state index >= 15 is 0 Å². The lowest BCUT2D eigenvalue weighted by atomic mass is 9.96. The molecule has 0 spiro atoms. The molecule has 12 nitrogen and oxygen atoms in total. The Balaban J connectivity index is 0.000000192. The molecule has 0 aliphatic heterocycles. The van der Waals surface area contributed by atoms with Gasteiger partial charge in [0.15, 0.2) is 0 Å². The van der Waals surface area contributed by atoms with Gasteiger partial charge in [-0.3, -0.25) is 0 Å². The quantitative estimate of drug-likeness (QED) is 0.126. The van der Waals surface area contributed by atoms with E-state index in [1.54, 1.807) is 49.0 Å². The number of fused-ring (bicyclic) bond motifs is 2. The van der Waals surface area contributed by atoms with Gasteiger partial charge in [-0.2, -0.15) is 0 Å². The van der Waals surface area contributed by atoms with E-state index < -0.39 is 23.6 Å². The molecule has 2 heterocycles. The SMILES string of the molecule is C.CCOC(=O)C(Oc1ccc(C)cc1-n1nc2ccccc2n1)c1ccccc1.Cc1ccc(OC(C)(C(=O)O)c2ccccc2)c(-n2nc3ccccc3n2)c1. The number of aromatic nitrogens is 6. The third-order valence-corrected chi connectivity index (χ3v) is 9.13. The van der Waals surface area contributed by atoms with E-state index in [1.165, 1.54) is 4.80 Å². The maximum atomic E-state index is 12.6. The summed E-state index contributed by atoms with van der Waals surface area (Å²) in [4.78, 5) is 27.8. The van der Waals surface area contributed by atoms with Crippen LogP contribution in [0.15, 0.2) is 146 Å². The fourth-order valence-corrected chi connectivity index (χ4v) is 6.12. The van der Waals surface area contributed by atoms with Gasteiger partial charge in [0.2, 0.25) is 11.7 Å². The van der Waals surface area contributed by atoms with Gasteiger partial charge in [0, 0.05) is 11.1 Å². The van der Waals surface area contributed by atoms with Gasteiger partial charge in [-0.15, -0.1) is 30.0 Å². The fourth-order valence-electron chi connectivity index (χ4n) is 6.12. The lowest BCUT2D eigenvalue weighted by molar-refractivity contribution is -0.154. The van der Waals surface area contributed by atoms with E-state index in [1.807, 2.05) is 129 Å². The summed E-state index contributed by atoms with van der Waals surface area (Å²) in [5.74, 6) is -0.634. The molecule has 8 aromatic rings. The molecular weight excluding hydrogens is 733 g/mol. The van der Waals surface area contributed by atoms with Crippen LogP contribution in [0.25, 0.3) is 33.4 Å². The monoisotopic (exact) mass is 776 g/mol. The Kier molecular flexibility index (Phi) is 12.3. The van der Waals surface area contributed by atoms with E-state index in [9.17, 15) is 14.7 Å². The average molecular weight is 777 g/mol. The van der Waals surface area contributed by atoms with Crippen LogP contribution in [0, 0.1) is 13.8 Å². The summed E-state index contributed by atoms with van der Waals surface area (Å²) in [5, 5.41) is 28.0.